The number of hydrogen-bond donors (Lipinski definition) is 1. The summed E-state index contributed by atoms with van der Waals surface area (Å²) in [5, 5.41) is 14.6. The SMILES string of the molecule is CCc1cccc(C)c1Nc1nnc(SCC(=O)N(C)Cc2cccs2)s1. The molecule has 3 aromatic rings. The molecule has 1 amide bonds. The molecular weight excluding hydrogens is 396 g/mol. The number of carbonyl (C=O) groups excluding carboxylic acids is 1. The lowest BCUT2D eigenvalue weighted by molar-refractivity contribution is -0.127. The number of anilines is 2. The largest absolute Gasteiger partial charge is 0.340 e. The van der Waals surface area contributed by atoms with Crippen LogP contribution in [0.5, 0.6) is 0 Å². The molecule has 0 bridgehead atoms. The topological polar surface area (TPSA) is 58.1 Å². The predicted octanol–water partition coefficient (Wildman–Crippen LogP) is 4.96. The van der Waals surface area contributed by atoms with Crippen molar-refractivity contribution in [2.75, 3.05) is 18.1 Å². The van der Waals surface area contributed by atoms with Crippen LogP contribution < -0.4 is 5.32 Å². The number of aryl methyl sites for hydroxylation is 2. The molecule has 0 saturated heterocycles. The number of para-hydroxylation sites is 1. The standard InChI is InChI=1S/C19H22N4OS3/c1-4-14-8-5-7-13(2)17(14)20-18-21-22-19(27-18)26-12-16(24)23(3)11-15-9-6-10-25-15/h5-10H,4,11-12H2,1-3H3,(H,20,21). The van der Waals surface area contributed by atoms with Gasteiger partial charge in [0.05, 0.1) is 12.3 Å². The highest BCUT2D eigenvalue weighted by atomic mass is 32.2. The van der Waals surface area contributed by atoms with E-state index in [0.717, 1.165) is 21.6 Å². The number of thioether (sulfide) groups is 1. The second-order valence-corrected chi connectivity index (χ2v) is 9.31. The Hall–Kier alpha value is -1.90. The highest BCUT2D eigenvalue weighted by molar-refractivity contribution is 8.01. The number of hydrogen-bond acceptors (Lipinski definition) is 7. The van der Waals surface area contributed by atoms with Crippen LogP contribution in [0.4, 0.5) is 10.8 Å². The van der Waals surface area contributed by atoms with E-state index in [1.165, 1.54) is 39.1 Å². The number of thiophene rings is 1. The fraction of sp³-hybridized carbons (Fsp3) is 0.316. The summed E-state index contributed by atoms with van der Waals surface area (Å²) in [5.41, 5.74) is 3.54. The van der Waals surface area contributed by atoms with Gasteiger partial charge in [0.2, 0.25) is 11.0 Å². The maximum absolute atomic E-state index is 12.3. The summed E-state index contributed by atoms with van der Waals surface area (Å²) in [7, 11) is 1.83. The Bertz CT molecular complexity index is 892. The normalized spacial score (nSPS) is 10.8. The molecule has 1 aromatic carbocycles. The molecule has 27 heavy (non-hydrogen) atoms. The van der Waals surface area contributed by atoms with Gasteiger partial charge >= 0.3 is 0 Å². The molecule has 1 N–H and O–H groups in total. The zero-order valence-corrected chi connectivity index (χ0v) is 18.0. The Kier molecular flexibility index (Phi) is 6.87. The number of aromatic nitrogens is 2. The van der Waals surface area contributed by atoms with E-state index in [-0.39, 0.29) is 5.91 Å². The van der Waals surface area contributed by atoms with E-state index in [4.69, 9.17) is 0 Å². The first kappa shape index (κ1) is 19.9. The van der Waals surface area contributed by atoms with Gasteiger partial charge in [-0.25, -0.2) is 0 Å². The van der Waals surface area contributed by atoms with Gasteiger partial charge in [0.15, 0.2) is 4.34 Å². The van der Waals surface area contributed by atoms with E-state index in [9.17, 15) is 4.79 Å². The Morgan fingerprint density at radius 1 is 1.26 bits per heavy atom. The third-order valence-electron chi connectivity index (χ3n) is 4.10. The van der Waals surface area contributed by atoms with E-state index in [0.29, 0.717) is 12.3 Å². The van der Waals surface area contributed by atoms with Crippen molar-refractivity contribution in [2.45, 2.75) is 31.2 Å². The number of rotatable bonds is 8. The van der Waals surface area contributed by atoms with Gasteiger partial charge in [-0.05, 0) is 35.9 Å². The van der Waals surface area contributed by atoms with Gasteiger partial charge in [0.1, 0.15) is 0 Å². The lowest BCUT2D eigenvalue weighted by Gasteiger charge is -2.15. The van der Waals surface area contributed by atoms with E-state index >= 15 is 0 Å². The lowest BCUT2D eigenvalue weighted by Crippen LogP contribution is -2.27. The van der Waals surface area contributed by atoms with Crippen molar-refractivity contribution in [3.63, 3.8) is 0 Å². The van der Waals surface area contributed by atoms with Crippen LogP contribution in [-0.4, -0.2) is 33.8 Å². The number of benzene rings is 1. The van der Waals surface area contributed by atoms with E-state index in [1.807, 2.05) is 24.6 Å². The van der Waals surface area contributed by atoms with Crippen molar-refractivity contribution >= 4 is 51.2 Å². The van der Waals surface area contributed by atoms with Crippen LogP contribution in [-0.2, 0) is 17.8 Å². The zero-order valence-electron chi connectivity index (χ0n) is 15.6. The highest BCUT2D eigenvalue weighted by Crippen LogP contribution is 2.30. The van der Waals surface area contributed by atoms with Crippen molar-refractivity contribution in [3.8, 4) is 0 Å². The fourth-order valence-electron chi connectivity index (χ4n) is 2.59. The Morgan fingerprint density at radius 2 is 2.11 bits per heavy atom. The molecule has 0 atom stereocenters. The molecule has 2 heterocycles. The van der Waals surface area contributed by atoms with Crippen LogP contribution in [0.1, 0.15) is 22.9 Å². The summed E-state index contributed by atoms with van der Waals surface area (Å²) in [5.74, 6) is 0.450. The number of amides is 1. The molecule has 3 rings (SSSR count). The molecule has 0 aliphatic heterocycles. The third-order valence-corrected chi connectivity index (χ3v) is 6.91. The molecule has 0 saturated carbocycles. The second kappa shape index (κ2) is 9.34. The summed E-state index contributed by atoms with van der Waals surface area (Å²) < 4.78 is 0.794. The predicted molar refractivity (Wildman–Crippen MR) is 115 cm³/mol. The maximum Gasteiger partial charge on any atom is 0.233 e. The third kappa shape index (κ3) is 5.31. The van der Waals surface area contributed by atoms with Crippen molar-refractivity contribution in [1.82, 2.24) is 15.1 Å². The van der Waals surface area contributed by atoms with Crippen molar-refractivity contribution in [2.24, 2.45) is 0 Å². The van der Waals surface area contributed by atoms with Gasteiger partial charge in [-0.2, -0.15) is 0 Å². The summed E-state index contributed by atoms with van der Waals surface area (Å²) in [6.07, 6.45) is 0.954. The quantitative estimate of drug-likeness (QED) is 0.524. The van der Waals surface area contributed by atoms with Crippen LogP contribution in [0.3, 0.4) is 0 Å². The Balaban J connectivity index is 1.56. The van der Waals surface area contributed by atoms with Gasteiger partial charge in [0.25, 0.3) is 0 Å². The first-order valence-electron chi connectivity index (χ1n) is 8.65. The molecule has 5 nitrogen and oxygen atoms in total. The van der Waals surface area contributed by atoms with Crippen LogP contribution in [0.25, 0.3) is 0 Å². The molecule has 0 unspecified atom stereocenters. The Morgan fingerprint density at radius 3 is 2.85 bits per heavy atom. The van der Waals surface area contributed by atoms with Crippen LogP contribution >= 0.6 is 34.4 Å². The highest BCUT2D eigenvalue weighted by Gasteiger charge is 2.13. The van der Waals surface area contributed by atoms with Crippen molar-refractivity contribution in [1.29, 1.82) is 0 Å². The zero-order chi connectivity index (χ0) is 19.2. The monoisotopic (exact) mass is 418 g/mol. The minimum Gasteiger partial charge on any atom is -0.340 e. The van der Waals surface area contributed by atoms with Crippen LogP contribution in [0.2, 0.25) is 0 Å². The minimum atomic E-state index is 0.0882. The van der Waals surface area contributed by atoms with Gasteiger partial charge in [-0.15, -0.1) is 21.5 Å². The molecule has 0 radical (unpaired) electrons. The average molecular weight is 419 g/mol. The summed E-state index contributed by atoms with van der Waals surface area (Å²) in [6, 6.07) is 10.3. The molecule has 0 aliphatic rings. The van der Waals surface area contributed by atoms with Crippen LogP contribution in [0.15, 0.2) is 40.1 Å². The fourth-order valence-corrected chi connectivity index (χ4v) is 5.04. The first-order valence-corrected chi connectivity index (χ1v) is 11.3. The van der Waals surface area contributed by atoms with Crippen molar-refractivity contribution < 1.29 is 4.79 Å². The summed E-state index contributed by atoms with van der Waals surface area (Å²) in [4.78, 5) is 15.3. The molecule has 2 aromatic heterocycles. The summed E-state index contributed by atoms with van der Waals surface area (Å²) in [6.45, 7) is 4.87. The molecular formula is C19H22N4OS3. The first-order chi connectivity index (χ1) is 13.1. The molecule has 0 fully saturated rings. The number of nitrogens with zero attached hydrogens (tertiary/aromatic N) is 3. The van der Waals surface area contributed by atoms with E-state index < -0.39 is 0 Å². The van der Waals surface area contributed by atoms with Gasteiger partial charge in [-0.1, -0.05) is 54.3 Å². The molecule has 142 valence electrons. The van der Waals surface area contributed by atoms with Crippen LogP contribution in [0, 0.1) is 6.92 Å². The van der Waals surface area contributed by atoms with Crippen molar-refractivity contribution in [3.05, 3.63) is 51.7 Å². The smallest absolute Gasteiger partial charge is 0.233 e. The molecule has 8 heteroatoms. The van der Waals surface area contributed by atoms with Gasteiger partial charge < -0.3 is 10.2 Å². The number of carbonyl (C=O) groups is 1. The van der Waals surface area contributed by atoms with Gasteiger partial charge in [-0.3, -0.25) is 4.79 Å². The van der Waals surface area contributed by atoms with Gasteiger partial charge in [0, 0.05) is 17.6 Å². The molecule has 0 aliphatic carbocycles. The summed E-state index contributed by atoms with van der Waals surface area (Å²) >= 11 is 4.57. The molecule has 0 spiro atoms. The number of nitrogens with one attached hydrogen (secondary N) is 1. The van der Waals surface area contributed by atoms with E-state index in [1.54, 1.807) is 16.2 Å². The second-order valence-electron chi connectivity index (χ2n) is 6.08. The maximum atomic E-state index is 12.3. The Labute approximate surface area is 171 Å². The lowest BCUT2D eigenvalue weighted by atomic mass is 10.1. The minimum absolute atomic E-state index is 0.0882. The average Bonchev–Trinajstić information content (AvgIpc) is 3.33. The van der Waals surface area contributed by atoms with E-state index in [2.05, 4.69) is 47.6 Å².